The van der Waals surface area contributed by atoms with Crippen molar-refractivity contribution in [3.8, 4) is 0 Å². The SMILES string of the molecule is Cc1ccc(COC(=O)OC2CCOCC2)cc1. The molecule has 1 saturated heterocycles. The number of rotatable bonds is 3. The predicted octanol–water partition coefficient (Wildman–Crippen LogP) is 2.83. The van der Waals surface area contributed by atoms with Gasteiger partial charge in [-0.1, -0.05) is 29.8 Å². The van der Waals surface area contributed by atoms with Crippen LogP contribution in [0.25, 0.3) is 0 Å². The summed E-state index contributed by atoms with van der Waals surface area (Å²) >= 11 is 0. The first-order chi connectivity index (χ1) is 8.74. The Labute approximate surface area is 107 Å². The van der Waals surface area contributed by atoms with Crippen LogP contribution in [0, 0.1) is 6.92 Å². The lowest BCUT2D eigenvalue weighted by atomic mass is 10.2. The summed E-state index contributed by atoms with van der Waals surface area (Å²) in [6.07, 6.45) is 0.839. The van der Waals surface area contributed by atoms with E-state index in [1.54, 1.807) is 0 Å². The van der Waals surface area contributed by atoms with Crippen LogP contribution in [-0.2, 0) is 20.8 Å². The highest BCUT2D eigenvalue weighted by molar-refractivity contribution is 5.60. The van der Waals surface area contributed by atoms with Crippen LogP contribution in [0.15, 0.2) is 24.3 Å². The van der Waals surface area contributed by atoms with Crippen molar-refractivity contribution in [3.63, 3.8) is 0 Å². The zero-order valence-electron chi connectivity index (χ0n) is 10.6. The van der Waals surface area contributed by atoms with Crippen molar-refractivity contribution >= 4 is 6.16 Å². The van der Waals surface area contributed by atoms with Gasteiger partial charge in [0.2, 0.25) is 0 Å². The molecule has 1 fully saturated rings. The van der Waals surface area contributed by atoms with Crippen LogP contribution < -0.4 is 0 Å². The molecule has 0 bridgehead atoms. The molecule has 1 heterocycles. The van der Waals surface area contributed by atoms with Gasteiger partial charge in [-0.2, -0.15) is 0 Å². The van der Waals surface area contributed by atoms with Gasteiger partial charge in [-0.25, -0.2) is 4.79 Å². The molecule has 98 valence electrons. The summed E-state index contributed by atoms with van der Waals surface area (Å²) in [4.78, 5) is 11.5. The molecule has 18 heavy (non-hydrogen) atoms. The molecule has 1 aromatic rings. The Morgan fingerprint density at radius 1 is 1.28 bits per heavy atom. The standard InChI is InChI=1S/C14H18O4/c1-11-2-4-12(5-3-11)10-17-14(15)18-13-6-8-16-9-7-13/h2-5,13H,6-10H2,1H3. The zero-order chi connectivity index (χ0) is 12.8. The highest BCUT2D eigenvalue weighted by Gasteiger charge is 2.18. The summed E-state index contributed by atoms with van der Waals surface area (Å²) in [5.74, 6) is 0. The number of aryl methyl sites for hydroxylation is 1. The molecule has 0 aromatic heterocycles. The smallest absolute Gasteiger partial charge is 0.431 e. The molecular formula is C14H18O4. The third-order valence-corrected chi connectivity index (χ3v) is 2.91. The molecule has 0 radical (unpaired) electrons. The summed E-state index contributed by atoms with van der Waals surface area (Å²) in [6, 6.07) is 7.86. The van der Waals surface area contributed by atoms with E-state index in [9.17, 15) is 4.79 Å². The number of benzene rings is 1. The Bertz CT molecular complexity index is 379. The first kappa shape index (κ1) is 12.9. The van der Waals surface area contributed by atoms with E-state index in [1.165, 1.54) is 5.56 Å². The fourth-order valence-electron chi connectivity index (χ4n) is 1.79. The van der Waals surface area contributed by atoms with Crippen molar-refractivity contribution < 1.29 is 19.0 Å². The molecule has 4 heteroatoms. The molecule has 2 rings (SSSR count). The lowest BCUT2D eigenvalue weighted by molar-refractivity contribution is -0.0298. The van der Waals surface area contributed by atoms with Crippen molar-refractivity contribution in [2.75, 3.05) is 13.2 Å². The Balaban J connectivity index is 1.72. The van der Waals surface area contributed by atoms with Crippen LogP contribution in [0.5, 0.6) is 0 Å². The summed E-state index contributed by atoms with van der Waals surface area (Å²) < 4.78 is 15.5. The molecule has 0 saturated carbocycles. The molecule has 0 spiro atoms. The van der Waals surface area contributed by atoms with Crippen LogP contribution in [-0.4, -0.2) is 25.5 Å². The zero-order valence-corrected chi connectivity index (χ0v) is 10.6. The van der Waals surface area contributed by atoms with Gasteiger partial charge < -0.3 is 14.2 Å². The van der Waals surface area contributed by atoms with Gasteiger partial charge in [-0.3, -0.25) is 0 Å². The van der Waals surface area contributed by atoms with E-state index in [4.69, 9.17) is 14.2 Å². The summed E-state index contributed by atoms with van der Waals surface area (Å²) in [5, 5.41) is 0. The summed E-state index contributed by atoms with van der Waals surface area (Å²) in [6.45, 7) is 3.57. The second kappa shape index (κ2) is 6.40. The Kier molecular flexibility index (Phi) is 4.59. The Morgan fingerprint density at radius 3 is 2.61 bits per heavy atom. The number of carbonyl (C=O) groups excluding carboxylic acids is 1. The van der Waals surface area contributed by atoms with Crippen molar-refractivity contribution in [2.45, 2.75) is 32.5 Å². The van der Waals surface area contributed by atoms with Gasteiger partial charge in [0.1, 0.15) is 12.7 Å². The van der Waals surface area contributed by atoms with E-state index < -0.39 is 6.16 Å². The first-order valence-electron chi connectivity index (χ1n) is 6.21. The molecule has 0 atom stereocenters. The molecule has 1 aliphatic rings. The average molecular weight is 250 g/mol. The maximum atomic E-state index is 11.5. The Hall–Kier alpha value is -1.55. The second-order valence-electron chi connectivity index (χ2n) is 4.45. The molecule has 4 nitrogen and oxygen atoms in total. The van der Waals surface area contributed by atoms with Crippen LogP contribution in [0.1, 0.15) is 24.0 Å². The van der Waals surface area contributed by atoms with Crippen LogP contribution in [0.4, 0.5) is 4.79 Å². The van der Waals surface area contributed by atoms with E-state index >= 15 is 0 Å². The van der Waals surface area contributed by atoms with Gasteiger partial charge in [0.05, 0.1) is 13.2 Å². The predicted molar refractivity (Wildman–Crippen MR) is 66.3 cm³/mol. The lowest BCUT2D eigenvalue weighted by Crippen LogP contribution is -2.26. The van der Waals surface area contributed by atoms with E-state index in [1.807, 2.05) is 31.2 Å². The van der Waals surface area contributed by atoms with Crippen LogP contribution in [0.2, 0.25) is 0 Å². The first-order valence-corrected chi connectivity index (χ1v) is 6.21. The summed E-state index contributed by atoms with van der Waals surface area (Å²) in [7, 11) is 0. The highest BCUT2D eigenvalue weighted by atomic mass is 16.7. The Morgan fingerprint density at radius 2 is 1.94 bits per heavy atom. The van der Waals surface area contributed by atoms with E-state index in [2.05, 4.69) is 0 Å². The fourth-order valence-corrected chi connectivity index (χ4v) is 1.79. The number of ether oxygens (including phenoxy) is 3. The number of hydrogen-bond donors (Lipinski definition) is 0. The van der Waals surface area contributed by atoms with Gasteiger partial charge in [-0.05, 0) is 12.5 Å². The van der Waals surface area contributed by atoms with Crippen molar-refractivity contribution in [1.82, 2.24) is 0 Å². The van der Waals surface area contributed by atoms with Gasteiger partial charge in [0.15, 0.2) is 0 Å². The minimum Gasteiger partial charge on any atom is -0.431 e. The number of carbonyl (C=O) groups is 1. The quantitative estimate of drug-likeness (QED) is 0.774. The van der Waals surface area contributed by atoms with Gasteiger partial charge >= 0.3 is 6.16 Å². The van der Waals surface area contributed by atoms with E-state index in [0.717, 1.165) is 18.4 Å². The molecule has 0 aliphatic carbocycles. The normalized spacial score (nSPS) is 16.3. The van der Waals surface area contributed by atoms with Gasteiger partial charge in [-0.15, -0.1) is 0 Å². The monoisotopic (exact) mass is 250 g/mol. The van der Waals surface area contributed by atoms with Gasteiger partial charge in [0, 0.05) is 12.8 Å². The third-order valence-electron chi connectivity index (χ3n) is 2.91. The second-order valence-corrected chi connectivity index (χ2v) is 4.45. The van der Waals surface area contributed by atoms with Gasteiger partial charge in [0.25, 0.3) is 0 Å². The molecule has 0 N–H and O–H groups in total. The summed E-state index contributed by atoms with van der Waals surface area (Å²) in [5.41, 5.74) is 2.15. The van der Waals surface area contributed by atoms with E-state index in [-0.39, 0.29) is 12.7 Å². The van der Waals surface area contributed by atoms with E-state index in [0.29, 0.717) is 13.2 Å². The fraction of sp³-hybridized carbons (Fsp3) is 0.500. The lowest BCUT2D eigenvalue weighted by Gasteiger charge is -2.21. The highest BCUT2D eigenvalue weighted by Crippen LogP contribution is 2.12. The van der Waals surface area contributed by atoms with Crippen LogP contribution in [0.3, 0.4) is 0 Å². The molecule has 1 aliphatic heterocycles. The molecular weight excluding hydrogens is 232 g/mol. The van der Waals surface area contributed by atoms with Crippen molar-refractivity contribution in [2.24, 2.45) is 0 Å². The molecule has 0 unspecified atom stereocenters. The molecule has 1 aromatic carbocycles. The minimum atomic E-state index is -0.595. The number of hydrogen-bond acceptors (Lipinski definition) is 4. The largest absolute Gasteiger partial charge is 0.508 e. The van der Waals surface area contributed by atoms with Crippen molar-refractivity contribution in [3.05, 3.63) is 35.4 Å². The van der Waals surface area contributed by atoms with Crippen molar-refractivity contribution in [1.29, 1.82) is 0 Å². The third kappa shape index (κ3) is 4.04. The van der Waals surface area contributed by atoms with Crippen LogP contribution >= 0.6 is 0 Å². The average Bonchev–Trinajstić information content (AvgIpc) is 2.39. The maximum absolute atomic E-state index is 11.5. The topological polar surface area (TPSA) is 44.8 Å². The minimum absolute atomic E-state index is 0.0655. The maximum Gasteiger partial charge on any atom is 0.508 e. The molecule has 0 amide bonds.